The highest BCUT2D eigenvalue weighted by Crippen LogP contribution is 2.19. The van der Waals surface area contributed by atoms with Gasteiger partial charge >= 0.3 is 0 Å². The molecule has 3 nitrogen and oxygen atoms in total. The molecule has 1 rings (SSSR count). The lowest BCUT2D eigenvalue weighted by Gasteiger charge is -2.17. The summed E-state index contributed by atoms with van der Waals surface area (Å²) in [7, 11) is 3.99. The minimum absolute atomic E-state index is 0.280. The standard InChI is InChI=1S/C14H23FN2O/c1-4-18-14-7-6-12(10-13(14)15)11-17(3)9-5-8-16-2/h6-7,10,16H,4-5,8-9,11H2,1-3H3. The van der Waals surface area contributed by atoms with E-state index >= 15 is 0 Å². The van der Waals surface area contributed by atoms with Gasteiger partial charge in [-0.25, -0.2) is 4.39 Å². The van der Waals surface area contributed by atoms with Gasteiger partial charge in [0, 0.05) is 6.54 Å². The van der Waals surface area contributed by atoms with Gasteiger partial charge in [0.15, 0.2) is 11.6 Å². The van der Waals surface area contributed by atoms with E-state index in [0.717, 1.165) is 31.6 Å². The van der Waals surface area contributed by atoms with Gasteiger partial charge < -0.3 is 15.0 Å². The summed E-state index contributed by atoms with van der Waals surface area (Å²) in [6, 6.07) is 5.18. The van der Waals surface area contributed by atoms with E-state index < -0.39 is 0 Å². The summed E-state index contributed by atoms with van der Waals surface area (Å²) in [6.45, 7) is 5.09. The maximum Gasteiger partial charge on any atom is 0.165 e. The monoisotopic (exact) mass is 254 g/mol. The molecule has 0 unspecified atom stereocenters. The number of nitrogens with zero attached hydrogens (tertiary/aromatic N) is 1. The molecule has 0 bridgehead atoms. The molecule has 0 atom stereocenters. The largest absolute Gasteiger partial charge is 0.491 e. The number of benzene rings is 1. The zero-order chi connectivity index (χ0) is 13.4. The van der Waals surface area contributed by atoms with Crippen LogP contribution in [0.4, 0.5) is 4.39 Å². The Labute approximate surface area is 109 Å². The fourth-order valence-corrected chi connectivity index (χ4v) is 1.83. The maximum atomic E-state index is 13.6. The van der Waals surface area contributed by atoms with E-state index in [1.807, 2.05) is 27.1 Å². The summed E-state index contributed by atoms with van der Waals surface area (Å²) in [5, 5.41) is 3.11. The molecule has 0 amide bonds. The number of rotatable bonds is 8. The number of hydrogen-bond donors (Lipinski definition) is 1. The second-order valence-electron chi connectivity index (χ2n) is 4.39. The molecule has 0 aliphatic carbocycles. The van der Waals surface area contributed by atoms with Crippen molar-refractivity contribution in [1.29, 1.82) is 0 Å². The molecule has 0 aliphatic heterocycles. The van der Waals surface area contributed by atoms with Gasteiger partial charge in [0.25, 0.3) is 0 Å². The third-order valence-electron chi connectivity index (χ3n) is 2.72. The van der Waals surface area contributed by atoms with Crippen LogP contribution in [0.5, 0.6) is 5.75 Å². The molecule has 4 heteroatoms. The van der Waals surface area contributed by atoms with Crippen molar-refractivity contribution in [3.05, 3.63) is 29.6 Å². The minimum Gasteiger partial charge on any atom is -0.491 e. The molecule has 0 aromatic heterocycles. The fraction of sp³-hybridized carbons (Fsp3) is 0.571. The van der Waals surface area contributed by atoms with Gasteiger partial charge in [-0.15, -0.1) is 0 Å². The Balaban J connectivity index is 2.49. The summed E-state index contributed by atoms with van der Waals surface area (Å²) in [6.07, 6.45) is 1.09. The van der Waals surface area contributed by atoms with E-state index in [1.54, 1.807) is 12.1 Å². The van der Waals surface area contributed by atoms with Crippen molar-refractivity contribution in [2.75, 3.05) is 33.8 Å². The van der Waals surface area contributed by atoms with Crippen LogP contribution in [0.3, 0.4) is 0 Å². The van der Waals surface area contributed by atoms with Crippen LogP contribution < -0.4 is 10.1 Å². The second-order valence-corrected chi connectivity index (χ2v) is 4.39. The van der Waals surface area contributed by atoms with Gasteiger partial charge in [-0.1, -0.05) is 6.07 Å². The van der Waals surface area contributed by atoms with Gasteiger partial charge in [0.1, 0.15) is 0 Å². The Bertz CT molecular complexity index is 358. The molecular weight excluding hydrogens is 231 g/mol. The Morgan fingerprint density at radius 1 is 1.39 bits per heavy atom. The van der Waals surface area contributed by atoms with E-state index in [-0.39, 0.29) is 5.82 Å². The van der Waals surface area contributed by atoms with E-state index in [1.165, 1.54) is 0 Å². The molecule has 0 radical (unpaired) electrons. The highest BCUT2D eigenvalue weighted by molar-refractivity contribution is 5.29. The van der Waals surface area contributed by atoms with Gasteiger partial charge in [0.2, 0.25) is 0 Å². The van der Waals surface area contributed by atoms with Crippen molar-refractivity contribution >= 4 is 0 Å². The average Bonchev–Trinajstić information content (AvgIpc) is 2.33. The molecule has 102 valence electrons. The first-order chi connectivity index (χ1) is 8.67. The smallest absolute Gasteiger partial charge is 0.165 e. The molecule has 0 saturated heterocycles. The molecule has 0 saturated carbocycles. The maximum absolute atomic E-state index is 13.6. The predicted molar refractivity (Wildman–Crippen MR) is 72.4 cm³/mol. The van der Waals surface area contributed by atoms with Crippen LogP contribution in [0.15, 0.2) is 18.2 Å². The second kappa shape index (κ2) is 8.06. The van der Waals surface area contributed by atoms with Crippen LogP contribution >= 0.6 is 0 Å². The number of ether oxygens (including phenoxy) is 1. The molecule has 18 heavy (non-hydrogen) atoms. The molecule has 0 heterocycles. The number of halogens is 1. The minimum atomic E-state index is -0.280. The first-order valence-corrected chi connectivity index (χ1v) is 6.41. The first kappa shape index (κ1) is 14.9. The Morgan fingerprint density at radius 2 is 2.17 bits per heavy atom. The lowest BCUT2D eigenvalue weighted by Crippen LogP contribution is -2.22. The lowest BCUT2D eigenvalue weighted by molar-refractivity contribution is 0.313. The molecular formula is C14H23FN2O. The lowest BCUT2D eigenvalue weighted by atomic mass is 10.2. The summed E-state index contributed by atoms with van der Waals surface area (Å²) in [4.78, 5) is 2.19. The quantitative estimate of drug-likeness (QED) is 0.720. The predicted octanol–water partition coefficient (Wildman–Crippen LogP) is 2.27. The Hall–Kier alpha value is -1.13. The summed E-state index contributed by atoms with van der Waals surface area (Å²) >= 11 is 0. The van der Waals surface area contributed by atoms with Crippen LogP contribution in [-0.4, -0.2) is 38.7 Å². The third kappa shape index (κ3) is 5.02. The highest BCUT2D eigenvalue weighted by Gasteiger charge is 2.06. The van der Waals surface area contributed by atoms with Gasteiger partial charge in [-0.3, -0.25) is 0 Å². The van der Waals surface area contributed by atoms with E-state index in [2.05, 4.69) is 10.2 Å². The van der Waals surface area contributed by atoms with Crippen LogP contribution in [0.25, 0.3) is 0 Å². The van der Waals surface area contributed by atoms with Crippen molar-refractivity contribution in [3.8, 4) is 5.75 Å². The Kier molecular flexibility index (Phi) is 6.68. The average molecular weight is 254 g/mol. The van der Waals surface area contributed by atoms with Crippen molar-refractivity contribution in [2.45, 2.75) is 19.9 Å². The third-order valence-corrected chi connectivity index (χ3v) is 2.72. The van der Waals surface area contributed by atoms with Crippen LogP contribution in [0.2, 0.25) is 0 Å². The van der Waals surface area contributed by atoms with Crippen LogP contribution in [0.1, 0.15) is 18.9 Å². The van der Waals surface area contributed by atoms with Crippen molar-refractivity contribution < 1.29 is 9.13 Å². The van der Waals surface area contributed by atoms with E-state index in [9.17, 15) is 4.39 Å². The molecule has 1 N–H and O–H groups in total. The zero-order valence-corrected chi connectivity index (χ0v) is 11.5. The molecule has 1 aromatic rings. The molecule has 0 spiro atoms. The fourth-order valence-electron chi connectivity index (χ4n) is 1.83. The van der Waals surface area contributed by atoms with Crippen LogP contribution in [0, 0.1) is 5.82 Å². The first-order valence-electron chi connectivity index (χ1n) is 6.41. The molecule has 0 fully saturated rings. The Morgan fingerprint density at radius 3 is 2.78 bits per heavy atom. The number of hydrogen-bond acceptors (Lipinski definition) is 3. The highest BCUT2D eigenvalue weighted by atomic mass is 19.1. The SMILES string of the molecule is CCOc1ccc(CN(C)CCCNC)cc1F. The van der Waals surface area contributed by atoms with E-state index in [0.29, 0.717) is 12.4 Å². The summed E-state index contributed by atoms with van der Waals surface area (Å²) < 4.78 is 18.8. The normalized spacial score (nSPS) is 10.9. The van der Waals surface area contributed by atoms with Crippen molar-refractivity contribution in [3.63, 3.8) is 0 Å². The summed E-state index contributed by atoms with van der Waals surface area (Å²) in [5.41, 5.74) is 0.975. The summed E-state index contributed by atoms with van der Waals surface area (Å²) in [5.74, 6) is 0.0528. The van der Waals surface area contributed by atoms with Crippen molar-refractivity contribution in [1.82, 2.24) is 10.2 Å². The number of nitrogens with one attached hydrogen (secondary N) is 1. The van der Waals surface area contributed by atoms with Crippen LogP contribution in [-0.2, 0) is 6.54 Å². The van der Waals surface area contributed by atoms with Crippen molar-refractivity contribution in [2.24, 2.45) is 0 Å². The van der Waals surface area contributed by atoms with Gasteiger partial charge in [-0.2, -0.15) is 0 Å². The van der Waals surface area contributed by atoms with Gasteiger partial charge in [0.05, 0.1) is 6.61 Å². The molecule has 0 aliphatic rings. The topological polar surface area (TPSA) is 24.5 Å². The zero-order valence-electron chi connectivity index (χ0n) is 11.5. The molecule has 1 aromatic carbocycles. The van der Waals surface area contributed by atoms with E-state index in [4.69, 9.17) is 4.74 Å². The van der Waals surface area contributed by atoms with Gasteiger partial charge in [-0.05, 0) is 58.2 Å².